The average molecular weight is 330 g/mol. The van der Waals surface area contributed by atoms with Crippen LogP contribution in [0.25, 0.3) is 0 Å². The fraction of sp³-hybridized carbons (Fsp3) is 0.471. The molecule has 0 bridgehead atoms. The lowest BCUT2D eigenvalue weighted by Gasteiger charge is -2.17. The van der Waals surface area contributed by atoms with Gasteiger partial charge in [-0.15, -0.1) is 0 Å². The lowest BCUT2D eigenvalue weighted by molar-refractivity contribution is -0.490. The van der Waals surface area contributed by atoms with E-state index in [1.165, 1.54) is 0 Å². The Kier molecular flexibility index (Phi) is 5.64. The van der Waals surface area contributed by atoms with Crippen LogP contribution in [0.15, 0.2) is 24.3 Å². The van der Waals surface area contributed by atoms with Gasteiger partial charge >= 0.3 is 5.97 Å². The Bertz CT molecular complexity index is 694. The Morgan fingerprint density at radius 2 is 2.17 bits per heavy atom. The molecule has 3 atom stereocenters. The number of carbonyl (C=O) groups excluding carboxylic acids is 2. The third-order valence-electron chi connectivity index (χ3n) is 4.46. The topological polar surface area (TPSA) is 110 Å². The summed E-state index contributed by atoms with van der Waals surface area (Å²) in [6, 6.07) is 8.77. The van der Waals surface area contributed by atoms with E-state index in [1.807, 2.05) is 6.07 Å². The van der Waals surface area contributed by atoms with Crippen molar-refractivity contribution >= 4 is 11.8 Å². The number of nitriles is 1. The van der Waals surface area contributed by atoms with Gasteiger partial charge in [0.25, 0.3) is 0 Å². The zero-order valence-corrected chi connectivity index (χ0v) is 13.3. The van der Waals surface area contributed by atoms with Crippen molar-refractivity contribution in [3.8, 4) is 6.07 Å². The minimum Gasteiger partial charge on any atom is -0.461 e. The molecule has 0 spiro atoms. The van der Waals surface area contributed by atoms with Gasteiger partial charge in [0.1, 0.15) is 12.4 Å². The van der Waals surface area contributed by atoms with Crippen LogP contribution in [-0.4, -0.2) is 23.2 Å². The number of Topliss-reactive ketones (excluding diaryl/α,β-unsaturated/α-hetero) is 1. The zero-order chi connectivity index (χ0) is 17.7. The lowest BCUT2D eigenvalue weighted by Crippen LogP contribution is -2.27. The summed E-state index contributed by atoms with van der Waals surface area (Å²) in [5.41, 5.74) is 1.00. The van der Waals surface area contributed by atoms with Crippen molar-refractivity contribution in [3.05, 3.63) is 45.5 Å². The first-order valence-corrected chi connectivity index (χ1v) is 7.70. The molecule has 2 rings (SSSR count). The van der Waals surface area contributed by atoms with Gasteiger partial charge in [-0.2, -0.15) is 5.26 Å². The van der Waals surface area contributed by atoms with Gasteiger partial charge in [0.15, 0.2) is 0 Å². The molecule has 7 heteroatoms. The Morgan fingerprint density at radius 1 is 1.46 bits per heavy atom. The molecule has 0 aliphatic heterocycles. The second-order valence-corrected chi connectivity index (χ2v) is 6.07. The molecule has 1 aliphatic rings. The van der Waals surface area contributed by atoms with Gasteiger partial charge in [-0.25, -0.2) is 0 Å². The summed E-state index contributed by atoms with van der Waals surface area (Å²) in [6.45, 7) is 1.42. The highest BCUT2D eigenvalue weighted by atomic mass is 16.6. The molecule has 0 heterocycles. The van der Waals surface area contributed by atoms with Crippen LogP contribution in [0, 0.1) is 39.2 Å². The molecule has 126 valence electrons. The smallest absolute Gasteiger partial charge is 0.306 e. The number of ether oxygens (including phenoxy) is 1. The normalized spacial score (nSPS) is 22.8. The largest absolute Gasteiger partial charge is 0.461 e. The maximum Gasteiger partial charge on any atom is 0.306 e. The van der Waals surface area contributed by atoms with E-state index in [2.05, 4.69) is 0 Å². The standard InChI is InChI=1S/C17H18N2O5/c1-11-6-16(20)14(15(11)9-19(22)23)7-17(21)24-10-13-5-3-2-4-12(13)8-18/h2-5,11,14-15H,6-7,9-10H2,1H3/t11-,14+,15+/m0/s1. The van der Waals surface area contributed by atoms with Crippen LogP contribution in [0.4, 0.5) is 0 Å². The van der Waals surface area contributed by atoms with E-state index in [4.69, 9.17) is 10.00 Å². The number of rotatable bonds is 6. The van der Waals surface area contributed by atoms with Gasteiger partial charge in [0.2, 0.25) is 6.54 Å². The van der Waals surface area contributed by atoms with Crippen LogP contribution in [0.2, 0.25) is 0 Å². The van der Waals surface area contributed by atoms with Gasteiger partial charge < -0.3 is 4.74 Å². The highest BCUT2D eigenvalue weighted by Gasteiger charge is 2.44. The molecule has 0 unspecified atom stereocenters. The number of nitro groups is 1. The SMILES string of the molecule is C[C@H]1CC(=O)[C@H](CC(=O)OCc2ccccc2C#N)[C@@H]1C[N+](=O)[O-]. The van der Waals surface area contributed by atoms with E-state index in [9.17, 15) is 19.7 Å². The van der Waals surface area contributed by atoms with Gasteiger partial charge in [0.05, 0.1) is 18.1 Å². The average Bonchev–Trinajstić information content (AvgIpc) is 2.79. The summed E-state index contributed by atoms with van der Waals surface area (Å²) < 4.78 is 5.16. The highest BCUT2D eigenvalue weighted by Crippen LogP contribution is 2.36. The van der Waals surface area contributed by atoms with Crippen molar-refractivity contribution in [2.45, 2.75) is 26.4 Å². The number of hydrogen-bond acceptors (Lipinski definition) is 6. The first-order valence-electron chi connectivity index (χ1n) is 7.70. The summed E-state index contributed by atoms with van der Waals surface area (Å²) in [5, 5.41) is 19.8. The maximum atomic E-state index is 12.0. The van der Waals surface area contributed by atoms with Crippen LogP contribution < -0.4 is 0 Å². The third kappa shape index (κ3) is 4.16. The number of benzene rings is 1. The Balaban J connectivity index is 1.97. The van der Waals surface area contributed by atoms with Crippen molar-refractivity contribution in [1.82, 2.24) is 0 Å². The van der Waals surface area contributed by atoms with E-state index in [-0.39, 0.29) is 37.7 Å². The molecule has 1 aromatic rings. The Labute approximate surface area is 139 Å². The summed E-state index contributed by atoms with van der Waals surface area (Å²) in [6.07, 6.45) is 0.101. The predicted octanol–water partition coefficient (Wildman–Crippen LogP) is 2.11. The molecule has 1 aliphatic carbocycles. The molecule has 1 aromatic carbocycles. The molecule has 24 heavy (non-hydrogen) atoms. The first-order chi connectivity index (χ1) is 11.4. The van der Waals surface area contributed by atoms with E-state index < -0.39 is 22.7 Å². The van der Waals surface area contributed by atoms with Crippen molar-refractivity contribution in [2.75, 3.05) is 6.54 Å². The molecule has 7 nitrogen and oxygen atoms in total. The minimum absolute atomic E-state index is 0.0566. The lowest BCUT2D eigenvalue weighted by atomic mass is 9.88. The van der Waals surface area contributed by atoms with Gasteiger partial charge in [-0.1, -0.05) is 25.1 Å². The fourth-order valence-corrected chi connectivity index (χ4v) is 3.15. The van der Waals surface area contributed by atoms with Crippen LogP contribution in [-0.2, 0) is 20.9 Å². The van der Waals surface area contributed by atoms with Crippen molar-refractivity contribution in [2.24, 2.45) is 17.8 Å². The van der Waals surface area contributed by atoms with Crippen molar-refractivity contribution < 1.29 is 19.2 Å². The summed E-state index contributed by atoms with van der Waals surface area (Å²) in [5.74, 6) is -1.91. The first kappa shape index (κ1) is 17.6. The molecular weight excluding hydrogens is 312 g/mol. The van der Waals surface area contributed by atoms with Crippen molar-refractivity contribution in [3.63, 3.8) is 0 Å². The third-order valence-corrected chi connectivity index (χ3v) is 4.46. The molecular formula is C17H18N2O5. The number of esters is 1. The second kappa shape index (κ2) is 7.68. The summed E-state index contributed by atoms with van der Waals surface area (Å²) >= 11 is 0. The number of carbonyl (C=O) groups is 2. The monoisotopic (exact) mass is 330 g/mol. The van der Waals surface area contributed by atoms with Crippen LogP contribution >= 0.6 is 0 Å². The number of nitrogens with zero attached hydrogens (tertiary/aromatic N) is 2. The van der Waals surface area contributed by atoms with Crippen LogP contribution in [0.5, 0.6) is 0 Å². The predicted molar refractivity (Wildman–Crippen MR) is 83.2 cm³/mol. The van der Waals surface area contributed by atoms with E-state index in [1.54, 1.807) is 31.2 Å². The summed E-state index contributed by atoms with van der Waals surface area (Å²) in [7, 11) is 0. The van der Waals surface area contributed by atoms with Gasteiger partial charge in [-0.3, -0.25) is 19.7 Å². The van der Waals surface area contributed by atoms with E-state index >= 15 is 0 Å². The molecule has 1 fully saturated rings. The maximum absolute atomic E-state index is 12.0. The Morgan fingerprint density at radius 3 is 2.83 bits per heavy atom. The van der Waals surface area contributed by atoms with Crippen LogP contribution in [0.3, 0.4) is 0 Å². The molecule has 0 radical (unpaired) electrons. The number of hydrogen-bond donors (Lipinski definition) is 0. The van der Waals surface area contributed by atoms with E-state index in [0.717, 1.165) is 0 Å². The quantitative estimate of drug-likeness (QED) is 0.449. The Hall–Kier alpha value is -2.75. The fourth-order valence-electron chi connectivity index (χ4n) is 3.15. The molecule has 1 saturated carbocycles. The molecule has 0 saturated heterocycles. The van der Waals surface area contributed by atoms with Crippen molar-refractivity contribution in [1.29, 1.82) is 5.26 Å². The van der Waals surface area contributed by atoms with E-state index in [0.29, 0.717) is 11.1 Å². The van der Waals surface area contributed by atoms with Gasteiger partial charge in [-0.05, 0) is 12.0 Å². The zero-order valence-electron chi connectivity index (χ0n) is 13.3. The molecule has 0 N–H and O–H groups in total. The van der Waals surface area contributed by atoms with Crippen LogP contribution in [0.1, 0.15) is 30.9 Å². The van der Waals surface area contributed by atoms with Gasteiger partial charge in [0, 0.05) is 28.7 Å². The molecule has 0 aromatic heterocycles. The minimum atomic E-state index is -0.663. The second-order valence-electron chi connectivity index (χ2n) is 6.07. The molecule has 0 amide bonds. The highest BCUT2D eigenvalue weighted by molar-refractivity contribution is 5.87. The summed E-state index contributed by atoms with van der Waals surface area (Å²) in [4.78, 5) is 34.4. The number of ketones is 1.